The number of unbranched alkanes of at least 4 members (excludes halogenated alkanes) is 1. The maximum absolute atomic E-state index is 12.0. The van der Waals surface area contributed by atoms with Gasteiger partial charge in [-0.2, -0.15) is 0 Å². The molecule has 0 aliphatic heterocycles. The minimum atomic E-state index is -0.555. The number of carbonyl (C=O) groups excluding carboxylic acids is 2. The van der Waals surface area contributed by atoms with Crippen LogP contribution in [0.5, 0.6) is 0 Å². The number of amides is 2. The normalized spacial score (nSPS) is 10.8. The van der Waals surface area contributed by atoms with Gasteiger partial charge in [-0.05, 0) is 6.42 Å². The molecule has 0 unspecified atom stereocenters. The third-order valence-corrected chi connectivity index (χ3v) is 5.97. The number of aromatic nitrogens is 4. The van der Waals surface area contributed by atoms with E-state index >= 15 is 0 Å². The highest BCUT2D eigenvalue weighted by Gasteiger charge is 2.13. The van der Waals surface area contributed by atoms with Crippen LogP contribution in [0.25, 0.3) is 0 Å². The van der Waals surface area contributed by atoms with Crippen molar-refractivity contribution in [1.29, 1.82) is 0 Å². The average Bonchev–Trinajstić information content (AvgIpc) is 3.23. The number of carbonyl (C=O) groups is 2. The minimum Gasteiger partial charge on any atom is -0.449 e. The second kappa shape index (κ2) is 10.4. The van der Waals surface area contributed by atoms with E-state index in [-0.39, 0.29) is 17.6 Å². The Kier molecular flexibility index (Phi) is 8.19. The highest BCUT2D eigenvalue weighted by atomic mass is 32.2. The summed E-state index contributed by atoms with van der Waals surface area (Å²) in [5.41, 5.74) is 0. The number of hydrogen-bond donors (Lipinski definition) is 2. The van der Waals surface area contributed by atoms with Crippen molar-refractivity contribution in [2.24, 2.45) is 0 Å². The van der Waals surface area contributed by atoms with E-state index in [9.17, 15) is 9.59 Å². The van der Waals surface area contributed by atoms with Gasteiger partial charge >= 0.3 is 6.09 Å². The first-order valence-corrected chi connectivity index (χ1v) is 10.6. The van der Waals surface area contributed by atoms with E-state index in [1.807, 2.05) is 20.8 Å². The lowest BCUT2D eigenvalue weighted by atomic mass is 10.2. The molecule has 0 spiro atoms. The SMILES string of the molecule is CCCCOC(=O)Nc1nnc(SCC(=O)Nc2nnc(C(C)C)s2)s1. The van der Waals surface area contributed by atoms with Crippen molar-refractivity contribution in [2.45, 2.75) is 43.9 Å². The van der Waals surface area contributed by atoms with Crippen molar-refractivity contribution < 1.29 is 14.3 Å². The number of rotatable bonds is 9. The monoisotopic (exact) mass is 416 g/mol. The number of ether oxygens (including phenoxy) is 1. The van der Waals surface area contributed by atoms with Gasteiger partial charge in [0.2, 0.25) is 16.2 Å². The van der Waals surface area contributed by atoms with Gasteiger partial charge in [0.15, 0.2) is 4.34 Å². The van der Waals surface area contributed by atoms with Crippen LogP contribution in [-0.2, 0) is 9.53 Å². The smallest absolute Gasteiger partial charge is 0.413 e. The van der Waals surface area contributed by atoms with Crippen molar-refractivity contribution in [3.8, 4) is 0 Å². The van der Waals surface area contributed by atoms with Crippen molar-refractivity contribution in [3.05, 3.63) is 5.01 Å². The number of nitrogens with zero attached hydrogens (tertiary/aromatic N) is 4. The maximum atomic E-state index is 12.0. The summed E-state index contributed by atoms with van der Waals surface area (Å²) in [7, 11) is 0. The molecule has 0 bridgehead atoms. The zero-order valence-electron chi connectivity index (χ0n) is 14.6. The van der Waals surface area contributed by atoms with E-state index in [4.69, 9.17) is 4.74 Å². The molecule has 2 aromatic rings. The lowest BCUT2D eigenvalue weighted by Gasteiger charge is -2.02. The van der Waals surface area contributed by atoms with Gasteiger partial charge in [0.05, 0.1) is 12.4 Å². The molecule has 0 saturated heterocycles. The molecule has 2 N–H and O–H groups in total. The molecule has 142 valence electrons. The first-order chi connectivity index (χ1) is 12.5. The molecule has 2 amide bonds. The van der Waals surface area contributed by atoms with Crippen LogP contribution in [0.3, 0.4) is 0 Å². The number of nitrogens with one attached hydrogen (secondary N) is 2. The van der Waals surface area contributed by atoms with Gasteiger partial charge in [0, 0.05) is 5.92 Å². The van der Waals surface area contributed by atoms with Crippen LogP contribution >= 0.6 is 34.4 Å². The Morgan fingerprint density at radius 3 is 2.54 bits per heavy atom. The molecule has 2 heterocycles. The van der Waals surface area contributed by atoms with Crippen LogP contribution in [0.1, 0.15) is 44.5 Å². The van der Waals surface area contributed by atoms with Gasteiger partial charge in [-0.1, -0.05) is 61.6 Å². The third kappa shape index (κ3) is 6.84. The van der Waals surface area contributed by atoms with Crippen molar-refractivity contribution in [3.63, 3.8) is 0 Å². The Morgan fingerprint density at radius 1 is 1.12 bits per heavy atom. The number of hydrogen-bond acceptors (Lipinski definition) is 10. The van der Waals surface area contributed by atoms with Gasteiger partial charge < -0.3 is 4.74 Å². The predicted molar refractivity (Wildman–Crippen MR) is 103 cm³/mol. The lowest BCUT2D eigenvalue weighted by Crippen LogP contribution is -2.14. The third-order valence-electron chi connectivity index (χ3n) is 2.85. The van der Waals surface area contributed by atoms with E-state index in [1.54, 1.807) is 0 Å². The molecular weight excluding hydrogens is 396 g/mol. The molecule has 2 rings (SSSR count). The fraction of sp³-hybridized carbons (Fsp3) is 0.571. The van der Waals surface area contributed by atoms with Crippen LogP contribution in [-0.4, -0.2) is 44.8 Å². The highest BCUT2D eigenvalue weighted by Crippen LogP contribution is 2.26. The zero-order valence-corrected chi connectivity index (χ0v) is 17.1. The van der Waals surface area contributed by atoms with Crippen molar-refractivity contribution in [2.75, 3.05) is 23.0 Å². The van der Waals surface area contributed by atoms with E-state index < -0.39 is 6.09 Å². The Morgan fingerprint density at radius 2 is 1.85 bits per heavy atom. The molecule has 26 heavy (non-hydrogen) atoms. The summed E-state index contributed by atoms with van der Waals surface area (Å²) in [6.07, 6.45) is 1.21. The summed E-state index contributed by atoms with van der Waals surface area (Å²) in [4.78, 5) is 23.5. The van der Waals surface area contributed by atoms with Crippen LogP contribution < -0.4 is 10.6 Å². The molecule has 2 aromatic heterocycles. The summed E-state index contributed by atoms with van der Waals surface area (Å²) < 4.78 is 5.56. The van der Waals surface area contributed by atoms with Crippen molar-refractivity contribution in [1.82, 2.24) is 20.4 Å². The highest BCUT2D eigenvalue weighted by molar-refractivity contribution is 8.01. The van der Waals surface area contributed by atoms with Crippen LogP contribution in [0.2, 0.25) is 0 Å². The van der Waals surface area contributed by atoms with Gasteiger partial charge in [-0.25, -0.2) is 4.79 Å². The summed E-state index contributed by atoms with van der Waals surface area (Å²) in [5.74, 6) is 0.227. The van der Waals surface area contributed by atoms with Gasteiger partial charge in [-0.3, -0.25) is 15.4 Å². The topological polar surface area (TPSA) is 119 Å². The van der Waals surface area contributed by atoms with Gasteiger partial charge in [0.1, 0.15) is 5.01 Å². The quantitative estimate of drug-likeness (QED) is 0.361. The molecule has 0 atom stereocenters. The number of thioether (sulfide) groups is 1. The van der Waals surface area contributed by atoms with Gasteiger partial charge in [-0.15, -0.1) is 20.4 Å². The standard InChI is InChI=1S/C14H20N6O3S3/c1-4-5-6-23-13(22)16-12-19-20-14(26-12)24-7-9(21)15-11-18-17-10(25-11)8(2)3/h8H,4-7H2,1-3H3,(H,15,18,21)(H,16,19,22). The van der Waals surface area contributed by atoms with Crippen LogP contribution in [0, 0.1) is 0 Å². The van der Waals surface area contributed by atoms with E-state index in [2.05, 4.69) is 31.0 Å². The summed E-state index contributed by atoms with van der Waals surface area (Å²) in [6.45, 7) is 6.41. The maximum Gasteiger partial charge on any atom is 0.413 e. The minimum absolute atomic E-state index is 0.159. The summed E-state index contributed by atoms with van der Waals surface area (Å²) >= 11 is 3.77. The summed E-state index contributed by atoms with van der Waals surface area (Å²) in [5, 5.41) is 22.6. The molecule has 0 fully saturated rings. The van der Waals surface area contributed by atoms with Gasteiger partial charge in [0.25, 0.3) is 0 Å². The molecule has 0 aromatic carbocycles. The fourth-order valence-electron chi connectivity index (χ4n) is 1.55. The molecule has 9 nitrogen and oxygen atoms in total. The number of anilines is 2. The lowest BCUT2D eigenvalue weighted by molar-refractivity contribution is -0.113. The second-order valence-electron chi connectivity index (χ2n) is 5.42. The van der Waals surface area contributed by atoms with E-state index in [1.165, 1.54) is 34.4 Å². The molecular formula is C14H20N6O3S3. The Hall–Kier alpha value is -1.79. The molecule has 12 heteroatoms. The fourth-order valence-corrected chi connectivity index (χ4v) is 3.85. The second-order valence-corrected chi connectivity index (χ2v) is 8.63. The van der Waals surface area contributed by atoms with Crippen molar-refractivity contribution >= 4 is 56.7 Å². The largest absolute Gasteiger partial charge is 0.449 e. The van der Waals surface area contributed by atoms with E-state index in [0.29, 0.717) is 21.2 Å². The average molecular weight is 417 g/mol. The zero-order chi connectivity index (χ0) is 18.9. The van der Waals surface area contributed by atoms with Crippen LogP contribution in [0.15, 0.2) is 4.34 Å². The predicted octanol–water partition coefficient (Wildman–Crippen LogP) is 3.59. The Balaban J connectivity index is 1.74. The molecule has 0 saturated carbocycles. The first kappa shape index (κ1) is 20.5. The molecule has 0 aliphatic carbocycles. The first-order valence-electron chi connectivity index (χ1n) is 8.01. The Labute approximate surface area is 163 Å². The summed E-state index contributed by atoms with van der Waals surface area (Å²) in [6, 6.07) is 0. The van der Waals surface area contributed by atoms with E-state index in [0.717, 1.165) is 17.8 Å². The molecule has 0 aliphatic rings. The Bertz CT molecular complexity index is 733. The molecule has 0 radical (unpaired) electrons. The van der Waals surface area contributed by atoms with Crippen LogP contribution in [0.4, 0.5) is 15.1 Å².